The van der Waals surface area contributed by atoms with Crippen molar-refractivity contribution in [3.8, 4) is 0 Å². The lowest BCUT2D eigenvalue weighted by atomic mass is 10.7. The van der Waals surface area contributed by atoms with Gasteiger partial charge in [0.2, 0.25) is 0 Å². The second kappa shape index (κ2) is 11.0. The Morgan fingerprint density at radius 2 is 1.50 bits per heavy atom. The smallest absolute Gasteiger partial charge is 0.488 e. The number of rotatable bonds is 10. The van der Waals surface area contributed by atoms with Gasteiger partial charge in [0.05, 0.1) is 33.0 Å². The molecule has 0 aliphatic heterocycles. The number of hydrogen-bond donors (Lipinski definition) is 0. The van der Waals surface area contributed by atoms with E-state index in [2.05, 4.69) is 4.52 Å². The highest BCUT2D eigenvalue weighted by molar-refractivity contribution is 7.30. The van der Waals surface area contributed by atoms with Crippen molar-refractivity contribution in [2.75, 3.05) is 46.8 Å². The van der Waals surface area contributed by atoms with Gasteiger partial charge in [-0.05, 0) is 4.57 Å². The Morgan fingerprint density at radius 1 is 1.00 bits per heavy atom. The van der Waals surface area contributed by atoms with E-state index in [-0.39, 0.29) is 13.2 Å². The first kappa shape index (κ1) is 13.9. The predicted octanol–water partition coefficient (Wildman–Crippen LogP) is -0.300. The van der Waals surface area contributed by atoms with Crippen LogP contribution in [0.25, 0.3) is 0 Å². The highest BCUT2D eigenvalue weighted by Crippen LogP contribution is 2.06. The first-order chi connectivity index (χ1) is 6.77. The van der Waals surface area contributed by atoms with Gasteiger partial charge in [-0.15, -0.1) is 4.52 Å². The third kappa shape index (κ3) is 11.9. The zero-order chi connectivity index (χ0) is 10.6. The van der Waals surface area contributed by atoms with Gasteiger partial charge in [-0.2, -0.15) is 0 Å². The number of methoxy groups -OCH3 is 1. The molecular formula is C7H15O6P. The maximum Gasteiger partial charge on any atom is 0.488 e. The van der Waals surface area contributed by atoms with E-state index in [0.717, 1.165) is 0 Å². The molecule has 0 aromatic carbocycles. The van der Waals surface area contributed by atoms with Gasteiger partial charge < -0.3 is 19.1 Å². The molecule has 7 heteroatoms. The summed E-state index contributed by atoms with van der Waals surface area (Å²) in [6.07, 6.45) is 0. The minimum absolute atomic E-state index is 0.0524. The molecule has 0 saturated carbocycles. The van der Waals surface area contributed by atoms with Crippen LogP contribution in [0.1, 0.15) is 0 Å². The topological polar surface area (TPSA) is 77.0 Å². The van der Waals surface area contributed by atoms with Gasteiger partial charge in [0.25, 0.3) is 0 Å². The molecule has 0 saturated heterocycles. The van der Waals surface area contributed by atoms with Crippen molar-refractivity contribution in [2.24, 2.45) is 0 Å². The van der Waals surface area contributed by atoms with Crippen LogP contribution >= 0.6 is 8.25 Å². The predicted molar refractivity (Wildman–Crippen MR) is 47.1 cm³/mol. The lowest BCUT2D eigenvalue weighted by Gasteiger charge is -2.03. The molecule has 14 heavy (non-hydrogen) atoms. The van der Waals surface area contributed by atoms with Gasteiger partial charge in [0, 0.05) is 7.11 Å². The van der Waals surface area contributed by atoms with Gasteiger partial charge in [-0.1, -0.05) is 0 Å². The van der Waals surface area contributed by atoms with Gasteiger partial charge in [-0.3, -0.25) is 0 Å². The largest absolute Gasteiger partial charge is 0.566 e. The number of hydrogen-bond acceptors (Lipinski definition) is 6. The molecule has 0 radical (unpaired) electrons. The van der Waals surface area contributed by atoms with Crippen molar-refractivity contribution in [3.05, 3.63) is 0 Å². The van der Waals surface area contributed by atoms with Crippen molar-refractivity contribution in [2.45, 2.75) is 0 Å². The van der Waals surface area contributed by atoms with Crippen LogP contribution in [-0.2, 0) is 23.3 Å². The maximum absolute atomic E-state index is 9.93. The minimum atomic E-state index is -2.76. The third-order valence-corrected chi connectivity index (χ3v) is 1.62. The standard InChI is InChI=1S/C7H15O6P/c1-10-2-3-11-4-5-12-6-7-13-14(8)9/h2-7H2,1H3. The Hall–Kier alpha value is -0.100. The molecule has 0 N–H and O–H groups in total. The monoisotopic (exact) mass is 226 g/mol. The molecule has 84 valence electrons. The molecule has 0 bridgehead atoms. The molecule has 6 nitrogen and oxygen atoms in total. The fraction of sp³-hybridized carbons (Fsp3) is 1.00. The van der Waals surface area contributed by atoms with Crippen molar-refractivity contribution in [1.29, 1.82) is 0 Å². The van der Waals surface area contributed by atoms with E-state index in [1.807, 2.05) is 0 Å². The average molecular weight is 226 g/mol. The van der Waals surface area contributed by atoms with Crippen molar-refractivity contribution in [1.82, 2.24) is 0 Å². The second-order valence-corrected chi connectivity index (χ2v) is 2.98. The Bertz CT molecular complexity index is 142. The van der Waals surface area contributed by atoms with E-state index in [1.54, 1.807) is 7.11 Å². The summed E-state index contributed by atoms with van der Waals surface area (Å²) in [5.41, 5.74) is 0. The summed E-state index contributed by atoms with van der Waals surface area (Å²) < 4.78 is 29.0. The van der Waals surface area contributed by atoms with E-state index >= 15 is 0 Å². The van der Waals surface area contributed by atoms with Crippen LogP contribution in [0.2, 0.25) is 0 Å². The Balaban J connectivity index is 2.88. The number of ether oxygens (including phenoxy) is 3. The van der Waals surface area contributed by atoms with Gasteiger partial charge >= 0.3 is 8.25 Å². The summed E-state index contributed by atoms with van der Waals surface area (Å²) in [5, 5.41) is 0. The fourth-order valence-electron chi connectivity index (χ4n) is 0.635. The SMILES string of the molecule is COCCOCCOCCO[P+](=O)[O-]. The first-order valence-corrected chi connectivity index (χ1v) is 5.28. The zero-order valence-electron chi connectivity index (χ0n) is 8.14. The van der Waals surface area contributed by atoms with Crippen LogP contribution in [0.3, 0.4) is 0 Å². The maximum atomic E-state index is 9.93. The molecule has 0 amide bonds. The summed E-state index contributed by atoms with van der Waals surface area (Å²) in [5.74, 6) is 0. The Kier molecular flexibility index (Phi) is 10.9. The summed E-state index contributed by atoms with van der Waals surface area (Å²) in [6, 6.07) is 0. The summed E-state index contributed by atoms with van der Waals surface area (Å²) in [6.45, 7) is 2.27. The Labute approximate surface area is 84.1 Å². The molecule has 0 aliphatic rings. The van der Waals surface area contributed by atoms with Crippen molar-refractivity contribution < 1.29 is 28.2 Å². The van der Waals surface area contributed by atoms with E-state index in [0.29, 0.717) is 26.4 Å². The van der Waals surface area contributed by atoms with Crippen LogP contribution in [0.5, 0.6) is 0 Å². The summed E-state index contributed by atoms with van der Waals surface area (Å²) in [7, 11) is -1.16. The van der Waals surface area contributed by atoms with E-state index < -0.39 is 8.25 Å². The molecule has 0 rings (SSSR count). The molecular weight excluding hydrogens is 211 g/mol. The van der Waals surface area contributed by atoms with E-state index in [1.165, 1.54) is 0 Å². The third-order valence-electron chi connectivity index (χ3n) is 1.23. The second-order valence-electron chi connectivity index (χ2n) is 2.27. The summed E-state index contributed by atoms with van der Waals surface area (Å²) in [4.78, 5) is 9.93. The van der Waals surface area contributed by atoms with E-state index in [9.17, 15) is 9.46 Å². The molecule has 0 aliphatic carbocycles. The molecule has 0 aromatic rings. The average Bonchev–Trinajstić information content (AvgIpc) is 2.15. The van der Waals surface area contributed by atoms with Crippen LogP contribution in [0, 0.1) is 0 Å². The van der Waals surface area contributed by atoms with Crippen LogP contribution < -0.4 is 4.89 Å². The van der Waals surface area contributed by atoms with Gasteiger partial charge in [-0.25, -0.2) is 0 Å². The summed E-state index contributed by atoms with van der Waals surface area (Å²) >= 11 is 0. The quantitative estimate of drug-likeness (QED) is 0.376. The molecule has 1 unspecified atom stereocenters. The lowest BCUT2D eigenvalue weighted by Crippen LogP contribution is -2.10. The highest BCUT2D eigenvalue weighted by Gasteiger charge is 1.99. The lowest BCUT2D eigenvalue weighted by molar-refractivity contribution is -0.186. The minimum Gasteiger partial charge on any atom is -0.566 e. The molecule has 0 aromatic heterocycles. The first-order valence-electron chi connectivity index (χ1n) is 4.19. The zero-order valence-corrected chi connectivity index (χ0v) is 9.03. The molecule has 0 heterocycles. The molecule has 0 fully saturated rings. The normalized spacial score (nSPS) is 11.7. The van der Waals surface area contributed by atoms with Crippen LogP contribution in [0.15, 0.2) is 0 Å². The van der Waals surface area contributed by atoms with Gasteiger partial charge in [0.1, 0.15) is 6.61 Å². The molecule has 0 spiro atoms. The van der Waals surface area contributed by atoms with Crippen molar-refractivity contribution in [3.63, 3.8) is 0 Å². The molecule has 1 atom stereocenters. The van der Waals surface area contributed by atoms with E-state index in [4.69, 9.17) is 14.2 Å². The van der Waals surface area contributed by atoms with Crippen LogP contribution in [-0.4, -0.2) is 46.8 Å². The van der Waals surface area contributed by atoms with Crippen molar-refractivity contribution >= 4 is 8.25 Å². The Morgan fingerprint density at radius 3 is 2.00 bits per heavy atom. The highest BCUT2D eigenvalue weighted by atomic mass is 31.1. The van der Waals surface area contributed by atoms with Crippen LogP contribution in [0.4, 0.5) is 0 Å². The fourth-order valence-corrected chi connectivity index (χ4v) is 0.859. The van der Waals surface area contributed by atoms with Gasteiger partial charge in [0.15, 0.2) is 0 Å².